The molecule has 0 bridgehead atoms. The van der Waals surface area contributed by atoms with Gasteiger partial charge in [0.1, 0.15) is 5.84 Å². The Morgan fingerprint density at radius 2 is 1.71 bits per heavy atom. The average Bonchev–Trinajstić information content (AvgIpc) is 2.43. The first kappa shape index (κ1) is 15.8. The second-order valence-electron chi connectivity index (χ2n) is 4.99. The molecule has 0 saturated heterocycles. The summed E-state index contributed by atoms with van der Waals surface area (Å²) in [5.41, 5.74) is 8.26. The third-order valence-electron chi connectivity index (χ3n) is 3.18. The number of benzene rings is 2. The first-order chi connectivity index (χ1) is 9.97. The lowest BCUT2D eigenvalue weighted by atomic mass is 10.1. The second-order valence-corrected chi connectivity index (χ2v) is 5.80. The summed E-state index contributed by atoms with van der Waals surface area (Å²) in [6.07, 6.45) is 0. The van der Waals surface area contributed by atoms with Crippen LogP contribution in [0.25, 0.3) is 0 Å². The number of rotatable bonds is 5. The number of halogens is 2. The Kier molecular flexibility index (Phi) is 5.23. The van der Waals surface area contributed by atoms with Crippen LogP contribution in [0, 0.1) is 5.41 Å². The summed E-state index contributed by atoms with van der Waals surface area (Å²) in [5.74, 6) is 0.0775. The average molecular weight is 322 g/mol. The maximum absolute atomic E-state index is 7.48. The molecule has 0 atom stereocenters. The number of nitrogens with two attached hydrogens (primary N) is 1. The molecule has 2 aromatic carbocycles. The molecule has 0 saturated carbocycles. The number of hydrogen-bond donors (Lipinski definition) is 2. The van der Waals surface area contributed by atoms with Gasteiger partial charge in [0.2, 0.25) is 0 Å². The van der Waals surface area contributed by atoms with Crippen LogP contribution in [0.2, 0.25) is 10.0 Å². The molecule has 0 aliphatic carbocycles. The summed E-state index contributed by atoms with van der Waals surface area (Å²) < 4.78 is 0. The Morgan fingerprint density at radius 1 is 1.10 bits per heavy atom. The predicted molar refractivity (Wildman–Crippen MR) is 89.1 cm³/mol. The van der Waals surface area contributed by atoms with Crippen molar-refractivity contribution in [2.75, 3.05) is 7.05 Å². The number of nitrogen functional groups attached to an aromatic ring is 1. The highest BCUT2D eigenvalue weighted by Gasteiger charge is 2.09. The number of nitrogens with one attached hydrogen (secondary N) is 1. The van der Waals surface area contributed by atoms with E-state index in [1.807, 2.05) is 49.5 Å². The van der Waals surface area contributed by atoms with Crippen molar-refractivity contribution in [2.45, 2.75) is 13.1 Å². The van der Waals surface area contributed by atoms with E-state index in [1.54, 1.807) is 0 Å². The van der Waals surface area contributed by atoms with Crippen LogP contribution in [0.5, 0.6) is 0 Å². The third-order valence-corrected chi connectivity index (χ3v) is 3.89. The van der Waals surface area contributed by atoms with Crippen LogP contribution < -0.4 is 5.73 Å². The molecule has 0 unspecified atom stereocenters. The summed E-state index contributed by atoms with van der Waals surface area (Å²) in [5, 5.41) is 8.83. The van der Waals surface area contributed by atoms with E-state index in [9.17, 15) is 0 Å². The number of amidine groups is 1. The van der Waals surface area contributed by atoms with E-state index in [2.05, 4.69) is 4.90 Å². The van der Waals surface area contributed by atoms with Crippen LogP contribution in [0.1, 0.15) is 16.7 Å². The first-order valence-electron chi connectivity index (χ1n) is 6.52. The van der Waals surface area contributed by atoms with Crippen molar-refractivity contribution in [3.63, 3.8) is 0 Å². The maximum Gasteiger partial charge on any atom is 0.122 e. The minimum atomic E-state index is 0.0775. The van der Waals surface area contributed by atoms with Crippen LogP contribution in [0.3, 0.4) is 0 Å². The zero-order valence-electron chi connectivity index (χ0n) is 11.7. The van der Waals surface area contributed by atoms with Crippen LogP contribution in [0.4, 0.5) is 0 Å². The van der Waals surface area contributed by atoms with Crippen molar-refractivity contribution in [1.29, 1.82) is 5.41 Å². The van der Waals surface area contributed by atoms with Crippen molar-refractivity contribution in [3.8, 4) is 0 Å². The zero-order valence-corrected chi connectivity index (χ0v) is 13.2. The SMILES string of the molecule is CN(Cc1cccc(C(=N)N)c1)Cc1c(Cl)cccc1Cl. The molecular weight excluding hydrogens is 305 g/mol. The van der Waals surface area contributed by atoms with Crippen LogP contribution >= 0.6 is 23.2 Å². The normalized spacial score (nSPS) is 10.9. The van der Waals surface area contributed by atoms with Gasteiger partial charge in [0.15, 0.2) is 0 Å². The van der Waals surface area contributed by atoms with Crippen molar-refractivity contribution < 1.29 is 0 Å². The van der Waals surface area contributed by atoms with Crippen molar-refractivity contribution in [2.24, 2.45) is 5.73 Å². The second kappa shape index (κ2) is 6.94. The molecule has 2 rings (SSSR count). The molecule has 110 valence electrons. The Labute approximate surface area is 134 Å². The summed E-state index contributed by atoms with van der Waals surface area (Å²) >= 11 is 12.4. The highest BCUT2D eigenvalue weighted by molar-refractivity contribution is 6.35. The highest BCUT2D eigenvalue weighted by Crippen LogP contribution is 2.25. The van der Waals surface area contributed by atoms with Gasteiger partial charge in [-0.15, -0.1) is 0 Å². The molecule has 0 heterocycles. The van der Waals surface area contributed by atoms with Gasteiger partial charge in [-0.1, -0.05) is 47.5 Å². The largest absolute Gasteiger partial charge is 0.384 e. The fourth-order valence-electron chi connectivity index (χ4n) is 2.16. The highest BCUT2D eigenvalue weighted by atomic mass is 35.5. The third kappa shape index (κ3) is 4.21. The maximum atomic E-state index is 7.48. The molecule has 0 fully saturated rings. The van der Waals surface area contributed by atoms with Crippen molar-refractivity contribution >= 4 is 29.0 Å². The van der Waals surface area contributed by atoms with Crippen LogP contribution in [0.15, 0.2) is 42.5 Å². The molecule has 2 aromatic rings. The zero-order chi connectivity index (χ0) is 15.4. The summed E-state index contributed by atoms with van der Waals surface area (Å²) in [6.45, 7) is 1.38. The van der Waals surface area contributed by atoms with Gasteiger partial charge in [-0.25, -0.2) is 0 Å². The van der Waals surface area contributed by atoms with E-state index in [0.29, 0.717) is 16.6 Å². The molecule has 21 heavy (non-hydrogen) atoms. The van der Waals surface area contributed by atoms with E-state index in [0.717, 1.165) is 23.2 Å². The minimum absolute atomic E-state index is 0.0775. The van der Waals surface area contributed by atoms with Crippen molar-refractivity contribution in [3.05, 3.63) is 69.2 Å². The minimum Gasteiger partial charge on any atom is -0.384 e. The molecule has 0 radical (unpaired) electrons. The van der Waals surface area contributed by atoms with E-state index < -0.39 is 0 Å². The predicted octanol–water partition coefficient (Wildman–Crippen LogP) is 3.91. The van der Waals surface area contributed by atoms with Gasteiger partial charge in [0.25, 0.3) is 0 Å². The van der Waals surface area contributed by atoms with E-state index in [1.165, 1.54) is 0 Å². The lowest BCUT2D eigenvalue weighted by molar-refractivity contribution is 0.319. The van der Waals surface area contributed by atoms with Gasteiger partial charge in [-0.3, -0.25) is 10.3 Å². The van der Waals surface area contributed by atoms with E-state index in [-0.39, 0.29) is 5.84 Å². The molecule has 0 aliphatic rings. The van der Waals surface area contributed by atoms with Gasteiger partial charge in [-0.05, 0) is 30.8 Å². The number of nitrogens with zero attached hydrogens (tertiary/aromatic N) is 1. The smallest absolute Gasteiger partial charge is 0.122 e. The standard InChI is InChI=1S/C16H17Cl2N3/c1-21(10-13-14(17)6-3-7-15(13)18)9-11-4-2-5-12(8-11)16(19)20/h2-8H,9-10H2,1H3,(H3,19,20). The molecule has 5 heteroatoms. The summed E-state index contributed by atoms with van der Waals surface area (Å²) in [4.78, 5) is 2.12. The lowest BCUT2D eigenvalue weighted by Gasteiger charge is -2.19. The van der Waals surface area contributed by atoms with Gasteiger partial charge in [0.05, 0.1) is 0 Å². The molecule has 0 aromatic heterocycles. The summed E-state index contributed by atoms with van der Waals surface area (Å²) in [6, 6.07) is 13.2. The first-order valence-corrected chi connectivity index (χ1v) is 7.27. The Balaban J connectivity index is 2.10. The number of hydrogen-bond acceptors (Lipinski definition) is 2. The molecule has 3 N–H and O–H groups in total. The van der Waals surface area contributed by atoms with Gasteiger partial charge in [0, 0.05) is 34.3 Å². The molecular formula is C16H17Cl2N3. The Bertz CT molecular complexity index is 635. The fourth-order valence-corrected chi connectivity index (χ4v) is 2.68. The lowest BCUT2D eigenvalue weighted by Crippen LogP contribution is -2.18. The van der Waals surface area contributed by atoms with Gasteiger partial charge >= 0.3 is 0 Å². The monoisotopic (exact) mass is 321 g/mol. The van der Waals surface area contributed by atoms with Crippen LogP contribution in [-0.2, 0) is 13.1 Å². The topological polar surface area (TPSA) is 53.1 Å². The van der Waals surface area contributed by atoms with E-state index >= 15 is 0 Å². The van der Waals surface area contributed by atoms with E-state index in [4.69, 9.17) is 34.3 Å². The Hall–Kier alpha value is -1.55. The molecule has 0 amide bonds. The van der Waals surface area contributed by atoms with Gasteiger partial charge < -0.3 is 5.73 Å². The van der Waals surface area contributed by atoms with Gasteiger partial charge in [-0.2, -0.15) is 0 Å². The fraction of sp³-hybridized carbons (Fsp3) is 0.188. The quantitative estimate of drug-likeness (QED) is 0.648. The Morgan fingerprint density at radius 3 is 2.33 bits per heavy atom. The molecule has 0 spiro atoms. The van der Waals surface area contributed by atoms with Crippen LogP contribution in [-0.4, -0.2) is 17.8 Å². The van der Waals surface area contributed by atoms with Crippen molar-refractivity contribution in [1.82, 2.24) is 4.90 Å². The molecule has 3 nitrogen and oxygen atoms in total. The molecule has 0 aliphatic heterocycles. The summed E-state index contributed by atoms with van der Waals surface area (Å²) in [7, 11) is 2.00.